The molecule has 2 aliphatic rings. The molecule has 0 bridgehead atoms. The molecule has 18 heavy (non-hydrogen) atoms. The molecule has 2 rings (SSSR count). The van der Waals surface area contributed by atoms with Crippen molar-refractivity contribution >= 4 is 0 Å². The zero-order valence-corrected chi connectivity index (χ0v) is 12.4. The number of nitrogens with two attached hydrogens (primary N) is 1. The van der Waals surface area contributed by atoms with Crippen LogP contribution in [0.1, 0.15) is 58.8 Å². The van der Waals surface area contributed by atoms with Crippen molar-refractivity contribution in [1.82, 2.24) is 4.90 Å². The van der Waals surface area contributed by atoms with E-state index in [0.717, 1.165) is 17.8 Å². The fourth-order valence-electron chi connectivity index (χ4n) is 3.97. The van der Waals surface area contributed by atoms with Gasteiger partial charge < -0.3 is 10.6 Å². The Balaban J connectivity index is 1.77. The molecule has 2 fully saturated rings. The predicted molar refractivity (Wildman–Crippen MR) is 78.6 cm³/mol. The smallest absolute Gasteiger partial charge is 0.00793 e. The van der Waals surface area contributed by atoms with Crippen molar-refractivity contribution in [1.29, 1.82) is 0 Å². The van der Waals surface area contributed by atoms with Crippen LogP contribution < -0.4 is 5.73 Å². The second kappa shape index (κ2) is 6.91. The number of rotatable bonds is 4. The van der Waals surface area contributed by atoms with Crippen molar-refractivity contribution in [2.24, 2.45) is 23.5 Å². The molecule has 1 saturated carbocycles. The van der Waals surface area contributed by atoms with Gasteiger partial charge in [0.25, 0.3) is 0 Å². The van der Waals surface area contributed by atoms with Crippen LogP contribution in [-0.4, -0.2) is 30.6 Å². The lowest BCUT2D eigenvalue weighted by Crippen LogP contribution is -2.44. The third-order valence-electron chi connectivity index (χ3n) is 4.87. The summed E-state index contributed by atoms with van der Waals surface area (Å²) in [6.45, 7) is 8.64. The fourth-order valence-corrected chi connectivity index (χ4v) is 3.97. The second-order valence-corrected chi connectivity index (χ2v) is 7.11. The molecule has 0 spiro atoms. The summed E-state index contributed by atoms with van der Waals surface area (Å²) in [4.78, 5) is 2.71. The minimum atomic E-state index is 0.476. The van der Waals surface area contributed by atoms with E-state index in [2.05, 4.69) is 18.7 Å². The van der Waals surface area contributed by atoms with Gasteiger partial charge >= 0.3 is 0 Å². The molecule has 0 aromatic rings. The van der Waals surface area contributed by atoms with Crippen molar-refractivity contribution in [2.45, 2.75) is 64.8 Å². The molecule has 0 aromatic heterocycles. The molecule has 0 aromatic carbocycles. The Labute approximate surface area is 113 Å². The first-order valence-electron chi connectivity index (χ1n) is 8.13. The molecular formula is C16H32N2. The van der Waals surface area contributed by atoms with Crippen molar-refractivity contribution in [3.05, 3.63) is 0 Å². The van der Waals surface area contributed by atoms with Crippen LogP contribution in [0, 0.1) is 17.8 Å². The molecule has 0 radical (unpaired) electrons. The van der Waals surface area contributed by atoms with Crippen LogP contribution >= 0.6 is 0 Å². The molecule has 3 atom stereocenters. The second-order valence-electron chi connectivity index (χ2n) is 7.11. The van der Waals surface area contributed by atoms with E-state index in [9.17, 15) is 0 Å². The third kappa shape index (κ3) is 4.24. The van der Waals surface area contributed by atoms with Crippen LogP contribution in [0.25, 0.3) is 0 Å². The van der Waals surface area contributed by atoms with Gasteiger partial charge in [0, 0.05) is 19.1 Å². The van der Waals surface area contributed by atoms with E-state index in [1.807, 2.05) is 0 Å². The number of piperidine rings is 1. The molecular weight excluding hydrogens is 220 g/mol. The number of nitrogens with zero attached hydrogens (tertiary/aromatic N) is 1. The topological polar surface area (TPSA) is 29.3 Å². The largest absolute Gasteiger partial charge is 0.327 e. The van der Waals surface area contributed by atoms with Gasteiger partial charge in [0.05, 0.1) is 0 Å². The monoisotopic (exact) mass is 252 g/mol. The van der Waals surface area contributed by atoms with Crippen LogP contribution in [0.5, 0.6) is 0 Å². The minimum Gasteiger partial charge on any atom is -0.327 e. The quantitative estimate of drug-likeness (QED) is 0.832. The predicted octanol–water partition coefficient (Wildman–Crippen LogP) is 3.26. The first kappa shape index (κ1) is 14.3. The highest BCUT2D eigenvalue weighted by Gasteiger charge is 2.27. The molecule has 1 aliphatic carbocycles. The zero-order chi connectivity index (χ0) is 13.0. The lowest BCUT2D eigenvalue weighted by Gasteiger charge is -2.38. The van der Waals surface area contributed by atoms with Gasteiger partial charge in [-0.25, -0.2) is 0 Å². The molecule has 106 valence electrons. The summed E-state index contributed by atoms with van der Waals surface area (Å²) in [7, 11) is 0. The first-order valence-corrected chi connectivity index (χ1v) is 8.13. The van der Waals surface area contributed by atoms with E-state index in [1.165, 1.54) is 64.6 Å². The van der Waals surface area contributed by atoms with Gasteiger partial charge in [-0.05, 0) is 56.4 Å². The van der Waals surface area contributed by atoms with Gasteiger partial charge in [-0.2, -0.15) is 0 Å². The molecule has 2 heteroatoms. The van der Waals surface area contributed by atoms with Gasteiger partial charge in [-0.1, -0.05) is 26.7 Å². The van der Waals surface area contributed by atoms with E-state index < -0.39 is 0 Å². The van der Waals surface area contributed by atoms with Crippen LogP contribution in [-0.2, 0) is 0 Å². The van der Waals surface area contributed by atoms with Gasteiger partial charge in [0.15, 0.2) is 0 Å². The SMILES string of the molecule is CC(C)CC1CCCN(C[C@@H]2CCCC[C@H]2N)C1. The molecule has 2 nitrogen and oxygen atoms in total. The summed E-state index contributed by atoms with van der Waals surface area (Å²) in [6, 6.07) is 0.476. The molecule has 1 unspecified atom stereocenters. The normalized spacial score (nSPS) is 35.0. The Kier molecular flexibility index (Phi) is 5.50. The van der Waals surface area contributed by atoms with Crippen LogP contribution in [0.2, 0.25) is 0 Å². The fraction of sp³-hybridized carbons (Fsp3) is 1.00. The summed E-state index contributed by atoms with van der Waals surface area (Å²) >= 11 is 0. The van der Waals surface area contributed by atoms with E-state index >= 15 is 0 Å². The van der Waals surface area contributed by atoms with Crippen molar-refractivity contribution < 1.29 is 0 Å². The molecule has 1 saturated heterocycles. The number of hydrogen-bond acceptors (Lipinski definition) is 2. The highest BCUT2D eigenvalue weighted by Crippen LogP contribution is 2.27. The maximum Gasteiger partial charge on any atom is 0.00793 e. The maximum absolute atomic E-state index is 6.28. The minimum absolute atomic E-state index is 0.476. The zero-order valence-electron chi connectivity index (χ0n) is 12.4. The maximum atomic E-state index is 6.28. The summed E-state index contributed by atoms with van der Waals surface area (Å²) in [5.74, 6) is 2.57. The molecule has 1 aliphatic heterocycles. The van der Waals surface area contributed by atoms with Crippen molar-refractivity contribution in [3.8, 4) is 0 Å². The Morgan fingerprint density at radius 3 is 2.61 bits per heavy atom. The molecule has 0 amide bonds. The Morgan fingerprint density at radius 2 is 1.89 bits per heavy atom. The van der Waals surface area contributed by atoms with E-state index in [1.54, 1.807) is 0 Å². The van der Waals surface area contributed by atoms with E-state index in [-0.39, 0.29) is 0 Å². The van der Waals surface area contributed by atoms with Crippen LogP contribution in [0.4, 0.5) is 0 Å². The summed E-state index contributed by atoms with van der Waals surface area (Å²) in [6.07, 6.45) is 9.65. The molecule has 2 N–H and O–H groups in total. The lowest BCUT2D eigenvalue weighted by atomic mass is 9.83. The first-order chi connectivity index (χ1) is 8.65. The van der Waals surface area contributed by atoms with E-state index in [4.69, 9.17) is 5.73 Å². The van der Waals surface area contributed by atoms with Crippen LogP contribution in [0.3, 0.4) is 0 Å². The lowest BCUT2D eigenvalue weighted by molar-refractivity contribution is 0.120. The van der Waals surface area contributed by atoms with E-state index in [0.29, 0.717) is 6.04 Å². The Hall–Kier alpha value is -0.0800. The van der Waals surface area contributed by atoms with Gasteiger partial charge in [-0.3, -0.25) is 0 Å². The average molecular weight is 252 g/mol. The highest BCUT2D eigenvalue weighted by molar-refractivity contribution is 4.83. The summed E-state index contributed by atoms with van der Waals surface area (Å²) in [5.41, 5.74) is 6.28. The Bertz CT molecular complexity index is 239. The van der Waals surface area contributed by atoms with Crippen LogP contribution in [0.15, 0.2) is 0 Å². The number of likely N-dealkylation sites (tertiary alicyclic amines) is 1. The standard InChI is InChI=1S/C16H32N2/c1-13(2)10-14-6-5-9-18(11-14)12-15-7-3-4-8-16(15)17/h13-16H,3-12,17H2,1-2H3/t14?,15-,16+/m0/s1. The van der Waals surface area contributed by atoms with Gasteiger partial charge in [0.1, 0.15) is 0 Å². The average Bonchev–Trinajstić information content (AvgIpc) is 2.32. The Morgan fingerprint density at radius 1 is 1.11 bits per heavy atom. The van der Waals surface area contributed by atoms with Gasteiger partial charge in [0.2, 0.25) is 0 Å². The third-order valence-corrected chi connectivity index (χ3v) is 4.87. The van der Waals surface area contributed by atoms with Crippen molar-refractivity contribution in [2.75, 3.05) is 19.6 Å². The number of hydrogen-bond donors (Lipinski definition) is 1. The van der Waals surface area contributed by atoms with Crippen molar-refractivity contribution in [3.63, 3.8) is 0 Å². The van der Waals surface area contributed by atoms with Gasteiger partial charge in [-0.15, -0.1) is 0 Å². The molecule has 1 heterocycles. The highest BCUT2D eigenvalue weighted by atomic mass is 15.1. The summed E-state index contributed by atoms with van der Waals surface area (Å²) in [5, 5.41) is 0. The summed E-state index contributed by atoms with van der Waals surface area (Å²) < 4.78 is 0.